The van der Waals surface area contributed by atoms with Crippen LogP contribution in [0.15, 0.2) is 60.7 Å². The summed E-state index contributed by atoms with van der Waals surface area (Å²) in [5, 5.41) is 0. The Hall–Kier alpha value is -2.00. The molecule has 0 aliphatic heterocycles. The molecule has 0 radical (unpaired) electrons. The lowest BCUT2D eigenvalue weighted by Crippen LogP contribution is -2.48. The molecule has 0 atom stereocenters. The largest absolute Gasteiger partial charge is 0.101 e. The molecule has 2 aromatic carbocycles. The number of hydrogen-bond acceptors (Lipinski definition) is 0. The Bertz CT molecular complexity index is 710. The third-order valence-corrected chi connectivity index (χ3v) is 6.47. The second-order valence-corrected chi connectivity index (χ2v) is 8.30. The van der Waals surface area contributed by atoms with Gasteiger partial charge in [-0.15, -0.1) is 5.92 Å². The van der Waals surface area contributed by atoms with Crippen molar-refractivity contribution >= 4 is 0 Å². The van der Waals surface area contributed by atoms with Crippen LogP contribution in [0.4, 0.5) is 0 Å². The van der Waals surface area contributed by atoms with Gasteiger partial charge in [-0.2, -0.15) is 0 Å². The van der Waals surface area contributed by atoms with Gasteiger partial charge in [-0.1, -0.05) is 54.5 Å². The second kappa shape index (κ2) is 7.09. The highest BCUT2D eigenvalue weighted by Crippen LogP contribution is 2.60. The Kier molecular flexibility index (Phi) is 4.67. The lowest BCUT2D eigenvalue weighted by molar-refractivity contribution is -0.00518. The molecule has 0 spiro atoms. The molecule has 0 N–H and O–H groups in total. The van der Waals surface area contributed by atoms with Crippen molar-refractivity contribution in [2.45, 2.75) is 50.9 Å². The molecule has 4 bridgehead atoms. The van der Waals surface area contributed by atoms with Gasteiger partial charge in [-0.3, -0.25) is 0 Å². The van der Waals surface area contributed by atoms with Gasteiger partial charge in [0.1, 0.15) is 0 Å². The predicted octanol–water partition coefficient (Wildman–Crippen LogP) is 6.21. The van der Waals surface area contributed by atoms with E-state index < -0.39 is 0 Å². The van der Waals surface area contributed by atoms with Crippen molar-refractivity contribution in [3.8, 4) is 11.8 Å². The van der Waals surface area contributed by atoms with Gasteiger partial charge in [0.15, 0.2) is 0 Å². The lowest BCUT2D eigenvalue weighted by atomic mass is 9.48. The van der Waals surface area contributed by atoms with Crippen molar-refractivity contribution in [3.05, 3.63) is 71.8 Å². The minimum absolute atomic E-state index is 0.593. The molecule has 4 aliphatic carbocycles. The van der Waals surface area contributed by atoms with Gasteiger partial charge >= 0.3 is 0 Å². The maximum absolute atomic E-state index is 2.96. The van der Waals surface area contributed by atoms with Crippen molar-refractivity contribution in [2.24, 2.45) is 17.8 Å². The zero-order valence-corrected chi connectivity index (χ0v) is 15.2. The van der Waals surface area contributed by atoms with Crippen LogP contribution in [0.25, 0.3) is 0 Å². The van der Waals surface area contributed by atoms with Crippen molar-refractivity contribution in [3.63, 3.8) is 0 Å². The summed E-state index contributed by atoms with van der Waals surface area (Å²) in [7, 11) is 0. The normalized spacial score (nSPS) is 31.5. The molecule has 4 fully saturated rings. The minimum Gasteiger partial charge on any atom is -0.101 e. The maximum Gasteiger partial charge on any atom is 0.0245 e. The van der Waals surface area contributed by atoms with Crippen LogP contribution >= 0.6 is 0 Å². The van der Waals surface area contributed by atoms with Gasteiger partial charge in [0, 0.05) is 5.56 Å². The van der Waals surface area contributed by atoms with Gasteiger partial charge in [0.05, 0.1) is 0 Å². The molecule has 25 heavy (non-hydrogen) atoms. The van der Waals surface area contributed by atoms with Gasteiger partial charge in [-0.05, 0) is 86.3 Å². The van der Waals surface area contributed by atoms with Crippen LogP contribution in [0.3, 0.4) is 0 Å². The molecule has 0 saturated heterocycles. The molecule has 0 heteroatoms. The van der Waals surface area contributed by atoms with Crippen molar-refractivity contribution in [1.29, 1.82) is 0 Å². The average Bonchev–Trinajstić information content (AvgIpc) is 2.63. The Labute approximate surface area is 152 Å². The third-order valence-electron chi connectivity index (χ3n) is 6.47. The molecule has 128 valence electrons. The Morgan fingerprint density at radius 2 is 1.20 bits per heavy atom. The van der Waals surface area contributed by atoms with E-state index in [0.29, 0.717) is 5.41 Å². The van der Waals surface area contributed by atoms with E-state index in [0.717, 1.165) is 23.3 Å². The Morgan fingerprint density at radius 3 is 1.68 bits per heavy atom. The monoisotopic (exact) mass is 328 g/mol. The molecule has 6 rings (SSSR count). The number of hydrogen-bond donors (Lipinski definition) is 0. The molecule has 4 aliphatic rings. The molecule has 0 nitrogen and oxygen atoms in total. The Balaban J connectivity index is 0.000000150. The summed E-state index contributed by atoms with van der Waals surface area (Å²) in [6.45, 7) is 1.84. The smallest absolute Gasteiger partial charge is 0.0245 e. The van der Waals surface area contributed by atoms with E-state index in [4.69, 9.17) is 0 Å². The second-order valence-electron chi connectivity index (χ2n) is 8.30. The van der Waals surface area contributed by atoms with E-state index in [1.807, 2.05) is 37.3 Å². The van der Waals surface area contributed by atoms with E-state index in [1.54, 1.807) is 24.8 Å². The zero-order chi connectivity index (χ0) is 17.1. The first-order chi connectivity index (χ1) is 12.3. The fraction of sp³-hybridized carbons (Fsp3) is 0.440. The van der Waals surface area contributed by atoms with E-state index in [1.165, 1.54) is 19.3 Å². The first-order valence-corrected chi connectivity index (χ1v) is 9.81. The SMILES string of the molecule is CC#Cc1ccccc1.c1ccc(C23CC4CC(CC(C4)C2)C3)cc1. The molecule has 0 heterocycles. The average molecular weight is 328 g/mol. The molecule has 4 saturated carbocycles. The van der Waals surface area contributed by atoms with Crippen LogP contribution in [0.1, 0.15) is 56.6 Å². The van der Waals surface area contributed by atoms with E-state index in [2.05, 4.69) is 42.2 Å². The van der Waals surface area contributed by atoms with Crippen LogP contribution in [0.5, 0.6) is 0 Å². The molecule has 0 aromatic heterocycles. The number of benzene rings is 2. The summed E-state index contributed by atoms with van der Waals surface area (Å²) < 4.78 is 0. The zero-order valence-electron chi connectivity index (χ0n) is 15.2. The highest BCUT2D eigenvalue weighted by molar-refractivity contribution is 5.33. The highest BCUT2D eigenvalue weighted by Gasteiger charge is 2.51. The first kappa shape index (κ1) is 16.5. The quantitative estimate of drug-likeness (QED) is 0.546. The van der Waals surface area contributed by atoms with Gasteiger partial charge in [0.25, 0.3) is 0 Å². The molecule has 0 unspecified atom stereocenters. The van der Waals surface area contributed by atoms with Crippen LogP contribution in [-0.4, -0.2) is 0 Å². The summed E-state index contributed by atoms with van der Waals surface area (Å²) in [6.07, 6.45) is 9.11. The molecule has 0 amide bonds. The van der Waals surface area contributed by atoms with Crippen molar-refractivity contribution in [2.75, 3.05) is 0 Å². The van der Waals surface area contributed by atoms with E-state index in [9.17, 15) is 0 Å². The van der Waals surface area contributed by atoms with Crippen LogP contribution in [0.2, 0.25) is 0 Å². The molecular formula is C25H28. The maximum atomic E-state index is 2.96. The fourth-order valence-electron chi connectivity index (χ4n) is 5.92. The fourth-order valence-corrected chi connectivity index (χ4v) is 5.92. The molecular weight excluding hydrogens is 300 g/mol. The molecule has 2 aromatic rings. The lowest BCUT2D eigenvalue weighted by Gasteiger charge is -2.57. The van der Waals surface area contributed by atoms with Crippen LogP contribution in [-0.2, 0) is 5.41 Å². The van der Waals surface area contributed by atoms with Crippen LogP contribution in [0, 0.1) is 29.6 Å². The van der Waals surface area contributed by atoms with Gasteiger partial charge in [0.2, 0.25) is 0 Å². The minimum atomic E-state index is 0.593. The van der Waals surface area contributed by atoms with Crippen molar-refractivity contribution < 1.29 is 0 Å². The summed E-state index contributed by atoms with van der Waals surface area (Å²) >= 11 is 0. The predicted molar refractivity (Wildman–Crippen MR) is 105 cm³/mol. The third kappa shape index (κ3) is 3.52. The first-order valence-electron chi connectivity index (χ1n) is 9.81. The summed E-state index contributed by atoms with van der Waals surface area (Å²) in [4.78, 5) is 0. The van der Waals surface area contributed by atoms with Crippen LogP contribution < -0.4 is 0 Å². The topological polar surface area (TPSA) is 0 Å². The van der Waals surface area contributed by atoms with E-state index in [-0.39, 0.29) is 0 Å². The standard InChI is InChI=1S/C16H20.C9H8/c1-2-4-15(5-3-1)16-9-12-6-13(10-16)8-14(7-12)11-16;1-2-6-9-7-4-3-5-8-9/h1-5,12-14H,6-11H2;3-5,7-8H,1H3. The highest BCUT2D eigenvalue weighted by atomic mass is 14.6. The summed E-state index contributed by atoms with van der Waals surface area (Å²) in [5.41, 5.74) is 3.32. The van der Waals surface area contributed by atoms with Gasteiger partial charge in [-0.25, -0.2) is 0 Å². The number of rotatable bonds is 1. The van der Waals surface area contributed by atoms with E-state index >= 15 is 0 Å². The van der Waals surface area contributed by atoms with Gasteiger partial charge < -0.3 is 0 Å². The Morgan fingerprint density at radius 1 is 0.720 bits per heavy atom. The summed E-state index contributed by atoms with van der Waals surface area (Å²) in [5.74, 6) is 8.98. The summed E-state index contributed by atoms with van der Waals surface area (Å²) in [6, 6.07) is 21.3. The van der Waals surface area contributed by atoms with Crippen molar-refractivity contribution in [1.82, 2.24) is 0 Å².